The Labute approximate surface area is 93.9 Å². The van der Waals surface area contributed by atoms with Crippen LogP contribution in [0.2, 0.25) is 0 Å². The quantitative estimate of drug-likeness (QED) is 0.788. The summed E-state index contributed by atoms with van der Waals surface area (Å²) in [5, 5.41) is 12.0. The summed E-state index contributed by atoms with van der Waals surface area (Å²) >= 11 is 0. The zero-order valence-electron chi connectivity index (χ0n) is 9.02. The molecule has 5 nitrogen and oxygen atoms in total. The van der Waals surface area contributed by atoms with Crippen molar-refractivity contribution < 1.29 is 9.90 Å². The first-order chi connectivity index (χ1) is 7.70. The smallest absolute Gasteiger partial charge is 0.303 e. The van der Waals surface area contributed by atoms with Gasteiger partial charge in [0.25, 0.3) is 0 Å². The van der Waals surface area contributed by atoms with Crippen LogP contribution in [-0.4, -0.2) is 27.6 Å². The van der Waals surface area contributed by atoms with E-state index in [0.29, 0.717) is 12.4 Å². The number of hydrogen-bond donors (Lipinski definition) is 2. The van der Waals surface area contributed by atoms with Crippen molar-refractivity contribution in [2.75, 3.05) is 11.9 Å². The first-order valence-corrected chi connectivity index (χ1v) is 5.42. The van der Waals surface area contributed by atoms with Crippen molar-refractivity contribution in [3.63, 3.8) is 0 Å². The molecule has 0 bridgehead atoms. The Morgan fingerprint density at radius 3 is 2.81 bits per heavy atom. The highest BCUT2D eigenvalue weighted by atomic mass is 16.4. The van der Waals surface area contributed by atoms with Gasteiger partial charge >= 0.3 is 5.97 Å². The number of aliphatic carboxylic acids is 1. The number of nitrogens with zero attached hydrogens (tertiary/aromatic N) is 2. The van der Waals surface area contributed by atoms with Crippen LogP contribution in [0.25, 0.3) is 0 Å². The van der Waals surface area contributed by atoms with Crippen LogP contribution in [0.3, 0.4) is 0 Å². The van der Waals surface area contributed by atoms with Gasteiger partial charge in [0.15, 0.2) is 0 Å². The molecule has 0 amide bonds. The number of rotatable bonds is 5. The Bertz CT molecular complexity index is 363. The van der Waals surface area contributed by atoms with Crippen LogP contribution in [0.4, 0.5) is 5.82 Å². The molecule has 0 radical (unpaired) electrons. The minimum Gasteiger partial charge on any atom is -0.481 e. The highest BCUT2D eigenvalue weighted by molar-refractivity contribution is 5.68. The van der Waals surface area contributed by atoms with Gasteiger partial charge in [-0.25, -0.2) is 4.98 Å². The van der Waals surface area contributed by atoms with E-state index in [9.17, 15) is 4.79 Å². The molecule has 2 rings (SSSR count). The van der Waals surface area contributed by atoms with E-state index in [2.05, 4.69) is 15.3 Å². The average Bonchev–Trinajstić information content (AvgIpc) is 2.23. The highest BCUT2D eigenvalue weighted by Gasteiger charge is 2.38. The van der Waals surface area contributed by atoms with Crippen LogP contribution in [-0.2, 0) is 4.79 Å². The van der Waals surface area contributed by atoms with E-state index >= 15 is 0 Å². The first-order valence-electron chi connectivity index (χ1n) is 5.42. The van der Waals surface area contributed by atoms with E-state index < -0.39 is 5.97 Å². The SMILES string of the molecule is O=C(O)CC1(CNc2cnccn2)CCC1. The topological polar surface area (TPSA) is 75.1 Å². The zero-order chi connectivity index (χ0) is 11.4. The summed E-state index contributed by atoms with van der Waals surface area (Å²) in [6.07, 6.45) is 8.19. The molecule has 0 aliphatic heterocycles. The summed E-state index contributed by atoms with van der Waals surface area (Å²) in [6.45, 7) is 0.665. The van der Waals surface area contributed by atoms with E-state index in [-0.39, 0.29) is 11.8 Å². The summed E-state index contributed by atoms with van der Waals surface area (Å²) in [7, 11) is 0. The number of carbonyl (C=O) groups is 1. The predicted octanol–water partition coefficient (Wildman–Crippen LogP) is 1.53. The molecular weight excluding hydrogens is 206 g/mol. The number of nitrogens with one attached hydrogen (secondary N) is 1. The lowest BCUT2D eigenvalue weighted by molar-refractivity contribution is -0.141. The third-order valence-corrected chi connectivity index (χ3v) is 3.15. The van der Waals surface area contributed by atoms with E-state index in [1.165, 1.54) is 0 Å². The number of anilines is 1. The molecule has 1 fully saturated rings. The zero-order valence-corrected chi connectivity index (χ0v) is 9.02. The number of carboxylic acid groups (broad SMARTS) is 1. The van der Waals surface area contributed by atoms with Crippen LogP contribution in [0.5, 0.6) is 0 Å². The molecule has 16 heavy (non-hydrogen) atoms. The lowest BCUT2D eigenvalue weighted by Crippen LogP contribution is -2.38. The Morgan fingerprint density at radius 2 is 2.31 bits per heavy atom. The molecule has 1 aromatic rings. The molecular formula is C11H15N3O2. The van der Waals surface area contributed by atoms with E-state index in [4.69, 9.17) is 5.11 Å². The Morgan fingerprint density at radius 1 is 1.50 bits per heavy atom. The van der Waals surface area contributed by atoms with Crippen molar-refractivity contribution >= 4 is 11.8 Å². The Hall–Kier alpha value is -1.65. The van der Waals surface area contributed by atoms with Gasteiger partial charge in [-0.05, 0) is 18.3 Å². The molecule has 0 atom stereocenters. The highest BCUT2D eigenvalue weighted by Crippen LogP contribution is 2.43. The van der Waals surface area contributed by atoms with Gasteiger partial charge in [-0.15, -0.1) is 0 Å². The second-order valence-corrected chi connectivity index (χ2v) is 4.37. The van der Waals surface area contributed by atoms with Gasteiger partial charge < -0.3 is 10.4 Å². The number of carboxylic acids is 1. The molecule has 2 N–H and O–H groups in total. The van der Waals surface area contributed by atoms with Gasteiger partial charge in [-0.1, -0.05) is 6.42 Å². The lowest BCUT2D eigenvalue weighted by atomic mass is 9.66. The summed E-state index contributed by atoms with van der Waals surface area (Å²) in [5.74, 6) is -0.0141. The molecule has 1 saturated carbocycles. The minimum atomic E-state index is -0.722. The molecule has 1 aliphatic carbocycles. The minimum absolute atomic E-state index is 0.0800. The Kier molecular flexibility index (Phi) is 3.03. The maximum absolute atomic E-state index is 10.8. The van der Waals surface area contributed by atoms with E-state index in [1.54, 1.807) is 18.6 Å². The molecule has 0 spiro atoms. The maximum atomic E-state index is 10.8. The van der Waals surface area contributed by atoms with E-state index in [0.717, 1.165) is 19.3 Å². The van der Waals surface area contributed by atoms with Crippen LogP contribution in [0.15, 0.2) is 18.6 Å². The predicted molar refractivity (Wildman–Crippen MR) is 59.1 cm³/mol. The summed E-state index contributed by atoms with van der Waals surface area (Å²) < 4.78 is 0. The second kappa shape index (κ2) is 4.47. The van der Waals surface area contributed by atoms with E-state index in [1.807, 2.05) is 0 Å². The van der Waals surface area contributed by atoms with Crippen molar-refractivity contribution in [1.82, 2.24) is 9.97 Å². The van der Waals surface area contributed by atoms with Gasteiger partial charge in [0.2, 0.25) is 0 Å². The number of aromatic nitrogens is 2. The fourth-order valence-corrected chi connectivity index (χ4v) is 2.08. The fourth-order valence-electron chi connectivity index (χ4n) is 2.08. The third-order valence-electron chi connectivity index (χ3n) is 3.15. The summed E-state index contributed by atoms with van der Waals surface area (Å²) in [5.41, 5.74) is -0.0800. The van der Waals surface area contributed by atoms with Crippen LogP contribution in [0, 0.1) is 5.41 Å². The number of hydrogen-bond acceptors (Lipinski definition) is 4. The van der Waals surface area contributed by atoms with Crippen molar-refractivity contribution in [3.05, 3.63) is 18.6 Å². The van der Waals surface area contributed by atoms with Crippen LogP contribution in [0.1, 0.15) is 25.7 Å². The fraction of sp³-hybridized carbons (Fsp3) is 0.545. The molecule has 0 aromatic carbocycles. The molecule has 1 aromatic heterocycles. The molecule has 0 saturated heterocycles. The molecule has 5 heteroatoms. The van der Waals surface area contributed by atoms with Crippen molar-refractivity contribution in [3.8, 4) is 0 Å². The molecule has 1 aliphatic rings. The van der Waals surface area contributed by atoms with Crippen molar-refractivity contribution in [2.45, 2.75) is 25.7 Å². The molecule has 1 heterocycles. The first kappa shape index (κ1) is 10.9. The standard InChI is InChI=1S/C11H15N3O2/c15-10(16)6-11(2-1-3-11)8-14-9-7-12-4-5-13-9/h4-5,7H,1-3,6,8H2,(H,13,14)(H,15,16). The second-order valence-electron chi connectivity index (χ2n) is 4.37. The van der Waals surface area contributed by atoms with Crippen LogP contribution < -0.4 is 5.32 Å². The van der Waals surface area contributed by atoms with Gasteiger partial charge in [0.05, 0.1) is 12.6 Å². The summed E-state index contributed by atoms with van der Waals surface area (Å²) in [6, 6.07) is 0. The van der Waals surface area contributed by atoms with Gasteiger partial charge in [0, 0.05) is 18.9 Å². The largest absolute Gasteiger partial charge is 0.481 e. The normalized spacial score (nSPS) is 17.5. The maximum Gasteiger partial charge on any atom is 0.303 e. The Balaban J connectivity index is 1.90. The summed E-state index contributed by atoms with van der Waals surface area (Å²) in [4.78, 5) is 18.8. The van der Waals surface area contributed by atoms with Crippen molar-refractivity contribution in [2.24, 2.45) is 5.41 Å². The van der Waals surface area contributed by atoms with Gasteiger partial charge in [-0.2, -0.15) is 0 Å². The average molecular weight is 221 g/mol. The third kappa shape index (κ3) is 2.48. The molecule has 86 valence electrons. The van der Waals surface area contributed by atoms with Crippen LogP contribution >= 0.6 is 0 Å². The monoisotopic (exact) mass is 221 g/mol. The molecule has 0 unspecified atom stereocenters. The van der Waals surface area contributed by atoms with Crippen molar-refractivity contribution in [1.29, 1.82) is 0 Å². The lowest BCUT2D eigenvalue weighted by Gasteiger charge is -2.40. The van der Waals surface area contributed by atoms with Gasteiger partial charge in [0.1, 0.15) is 5.82 Å². The van der Waals surface area contributed by atoms with Gasteiger partial charge in [-0.3, -0.25) is 9.78 Å².